The van der Waals surface area contributed by atoms with Gasteiger partial charge in [-0.25, -0.2) is 0 Å². The lowest BCUT2D eigenvalue weighted by atomic mass is 9.77. The number of likely N-dealkylation sites (tertiary alicyclic amines) is 1. The molecule has 0 bridgehead atoms. The molecule has 0 aromatic heterocycles. The molecule has 2 saturated heterocycles. The van der Waals surface area contributed by atoms with Crippen molar-refractivity contribution in [3.8, 4) is 0 Å². The second-order valence-corrected chi connectivity index (χ2v) is 7.47. The van der Waals surface area contributed by atoms with Gasteiger partial charge in [0.25, 0.3) is 0 Å². The molecule has 0 N–H and O–H groups in total. The summed E-state index contributed by atoms with van der Waals surface area (Å²) in [7, 11) is 0. The van der Waals surface area contributed by atoms with Crippen molar-refractivity contribution in [2.45, 2.75) is 72.0 Å². The van der Waals surface area contributed by atoms with Crippen LogP contribution < -0.4 is 0 Å². The zero-order valence-electron chi connectivity index (χ0n) is 15.8. The molecule has 132 valence electrons. The zero-order valence-corrected chi connectivity index (χ0v) is 15.8. The third-order valence-electron chi connectivity index (χ3n) is 5.52. The summed E-state index contributed by atoms with van der Waals surface area (Å²) in [6.07, 6.45) is 10.3. The lowest BCUT2D eigenvalue weighted by Gasteiger charge is -2.55. The number of hydrogen-bond donors (Lipinski definition) is 0. The van der Waals surface area contributed by atoms with Crippen LogP contribution in [-0.2, 0) is 4.74 Å². The molecule has 3 nitrogen and oxygen atoms in total. The van der Waals surface area contributed by atoms with Gasteiger partial charge < -0.3 is 14.5 Å². The van der Waals surface area contributed by atoms with Gasteiger partial charge >= 0.3 is 0 Å². The Hall–Kier alpha value is -0.800. The maximum atomic E-state index is 5.89. The Balaban J connectivity index is 2.04. The summed E-state index contributed by atoms with van der Waals surface area (Å²) in [6.45, 7) is 15.5. The fourth-order valence-corrected chi connectivity index (χ4v) is 4.13. The van der Waals surface area contributed by atoms with Crippen LogP contribution in [0.2, 0.25) is 0 Å². The lowest BCUT2D eigenvalue weighted by molar-refractivity contribution is -0.0306. The maximum Gasteiger partial charge on any atom is 0.0485 e. The Morgan fingerprint density at radius 2 is 1.96 bits per heavy atom. The van der Waals surface area contributed by atoms with Gasteiger partial charge in [0.2, 0.25) is 0 Å². The molecule has 0 radical (unpaired) electrons. The summed E-state index contributed by atoms with van der Waals surface area (Å²) in [4.78, 5) is 5.20. The average Bonchev–Trinajstić information content (AvgIpc) is 2.55. The first-order valence-electron chi connectivity index (χ1n) is 9.45. The highest BCUT2D eigenvalue weighted by Crippen LogP contribution is 2.38. The Morgan fingerprint density at radius 1 is 1.17 bits per heavy atom. The predicted octanol–water partition coefficient (Wildman–Crippen LogP) is 4.07. The summed E-state index contributed by atoms with van der Waals surface area (Å²) in [5, 5.41) is 0. The molecule has 2 heterocycles. The van der Waals surface area contributed by atoms with Crippen molar-refractivity contribution >= 4 is 0 Å². The van der Waals surface area contributed by atoms with E-state index in [0.717, 1.165) is 32.0 Å². The van der Waals surface area contributed by atoms with E-state index in [4.69, 9.17) is 4.74 Å². The monoisotopic (exact) mass is 320 g/mol. The fourth-order valence-electron chi connectivity index (χ4n) is 4.13. The Morgan fingerprint density at radius 3 is 2.65 bits per heavy atom. The summed E-state index contributed by atoms with van der Waals surface area (Å²) in [5.41, 5.74) is 1.34. The highest BCUT2D eigenvalue weighted by atomic mass is 16.5. The minimum Gasteiger partial charge on any atom is -0.381 e. The normalized spacial score (nSPS) is 31.8. The fraction of sp³-hybridized carbons (Fsp3) is 0.800. The largest absolute Gasteiger partial charge is 0.381 e. The highest BCUT2D eigenvalue weighted by Gasteiger charge is 2.43. The number of fused-ring (bicyclic) bond motifs is 1. The Labute approximate surface area is 143 Å². The molecule has 2 fully saturated rings. The zero-order chi connectivity index (χ0) is 16.8. The standard InChI is InChI=1S/C20H36N2O/c1-6-8-17(4)15-22-18(5)19-9-12-21(16(2)3)11-7-13-23-14-10-20(19)22/h6,8,15-16,18-20H,7,9-14H2,1-5H3/b8-6-,17-15+. The van der Waals surface area contributed by atoms with Crippen LogP contribution in [0.1, 0.15) is 53.9 Å². The van der Waals surface area contributed by atoms with E-state index in [1.165, 1.54) is 25.1 Å². The van der Waals surface area contributed by atoms with Crippen molar-refractivity contribution in [3.05, 3.63) is 23.9 Å². The molecule has 0 spiro atoms. The van der Waals surface area contributed by atoms with Crippen molar-refractivity contribution in [3.63, 3.8) is 0 Å². The van der Waals surface area contributed by atoms with E-state index in [2.05, 4.69) is 62.8 Å². The molecule has 23 heavy (non-hydrogen) atoms. The van der Waals surface area contributed by atoms with E-state index in [0.29, 0.717) is 18.1 Å². The molecular formula is C20H36N2O. The minimum absolute atomic E-state index is 0.637. The first-order valence-corrected chi connectivity index (χ1v) is 9.45. The molecule has 2 rings (SSSR count). The van der Waals surface area contributed by atoms with Crippen molar-refractivity contribution in [2.75, 3.05) is 26.3 Å². The van der Waals surface area contributed by atoms with Gasteiger partial charge in [0.05, 0.1) is 0 Å². The van der Waals surface area contributed by atoms with E-state index in [-0.39, 0.29) is 0 Å². The molecule has 0 amide bonds. The lowest BCUT2D eigenvalue weighted by Crippen LogP contribution is -2.60. The van der Waals surface area contributed by atoms with Gasteiger partial charge in [0.15, 0.2) is 0 Å². The number of nitrogens with zero attached hydrogens (tertiary/aromatic N) is 2. The summed E-state index contributed by atoms with van der Waals surface area (Å²) < 4.78 is 5.89. The molecule has 0 aliphatic carbocycles. The number of hydrogen-bond acceptors (Lipinski definition) is 3. The Bertz CT molecular complexity index is 416. The predicted molar refractivity (Wildman–Crippen MR) is 98.5 cm³/mol. The molecular weight excluding hydrogens is 284 g/mol. The number of rotatable bonds is 3. The van der Waals surface area contributed by atoms with Gasteiger partial charge in [-0.3, -0.25) is 0 Å². The van der Waals surface area contributed by atoms with Crippen LogP contribution in [0.4, 0.5) is 0 Å². The van der Waals surface area contributed by atoms with Gasteiger partial charge in [-0.1, -0.05) is 12.2 Å². The molecule has 2 aliphatic rings. The van der Waals surface area contributed by atoms with Gasteiger partial charge in [-0.05, 0) is 66.0 Å². The second kappa shape index (κ2) is 8.89. The molecule has 3 heteroatoms. The number of ether oxygens (including phenoxy) is 1. The van der Waals surface area contributed by atoms with Gasteiger partial charge in [0.1, 0.15) is 0 Å². The SMILES string of the molecule is C/C=C\C(C)=C\N1C(C)C2CCN(C(C)C)CCCOCCC21. The van der Waals surface area contributed by atoms with E-state index in [1.807, 2.05) is 0 Å². The van der Waals surface area contributed by atoms with E-state index >= 15 is 0 Å². The maximum absolute atomic E-state index is 5.89. The van der Waals surface area contributed by atoms with Crippen molar-refractivity contribution < 1.29 is 4.74 Å². The van der Waals surface area contributed by atoms with Crippen LogP contribution >= 0.6 is 0 Å². The van der Waals surface area contributed by atoms with Crippen LogP contribution in [0.5, 0.6) is 0 Å². The van der Waals surface area contributed by atoms with Gasteiger partial charge in [-0.2, -0.15) is 0 Å². The third-order valence-corrected chi connectivity index (χ3v) is 5.52. The van der Waals surface area contributed by atoms with E-state index in [1.54, 1.807) is 0 Å². The summed E-state index contributed by atoms with van der Waals surface area (Å²) >= 11 is 0. The Kier molecular flexibility index (Phi) is 7.16. The molecule has 0 aromatic rings. The van der Waals surface area contributed by atoms with Crippen LogP contribution in [-0.4, -0.2) is 54.2 Å². The smallest absolute Gasteiger partial charge is 0.0485 e. The average molecular weight is 321 g/mol. The van der Waals surface area contributed by atoms with Crippen LogP contribution in [0.3, 0.4) is 0 Å². The van der Waals surface area contributed by atoms with Crippen molar-refractivity contribution in [2.24, 2.45) is 5.92 Å². The third kappa shape index (κ3) is 4.84. The molecule has 3 atom stereocenters. The molecule has 0 aromatic carbocycles. The van der Waals surface area contributed by atoms with Crippen LogP contribution in [0, 0.1) is 5.92 Å². The van der Waals surface area contributed by atoms with Crippen molar-refractivity contribution in [1.82, 2.24) is 9.80 Å². The van der Waals surface area contributed by atoms with E-state index < -0.39 is 0 Å². The first-order chi connectivity index (χ1) is 11.0. The van der Waals surface area contributed by atoms with Crippen LogP contribution in [0.15, 0.2) is 23.9 Å². The molecule has 2 aliphatic heterocycles. The molecule has 3 unspecified atom stereocenters. The summed E-state index contributed by atoms with van der Waals surface area (Å²) in [5.74, 6) is 0.799. The first kappa shape index (κ1) is 18.5. The highest BCUT2D eigenvalue weighted by molar-refractivity contribution is 5.18. The van der Waals surface area contributed by atoms with E-state index in [9.17, 15) is 0 Å². The van der Waals surface area contributed by atoms with Crippen molar-refractivity contribution in [1.29, 1.82) is 0 Å². The summed E-state index contributed by atoms with van der Waals surface area (Å²) in [6, 6.07) is 1.94. The van der Waals surface area contributed by atoms with Gasteiger partial charge in [-0.15, -0.1) is 0 Å². The topological polar surface area (TPSA) is 15.7 Å². The quantitative estimate of drug-likeness (QED) is 0.729. The second-order valence-electron chi connectivity index (χ2n) is 7.47. The van der Waals surface area contributed by atoms with Gasteiger partial charge in [0, 0.05) is 50.0 Å². The molecule has 0 saturated carbocycles. The van der Waals surface area contributed by atoms with Crippen LogP contribution in [0.25, 0.3) is 0 Å². The minimum atomic E-state index is 0.637. The number of allylic oxidation sites excluding steroid dienone is 3.